The van der Waals surface area contributed by atoms with E-state index in [0.29, 0.717) is 19.3 Å². The zero-order valence-electron chi connectivity index (χ0n) is 35.5. The molecule has 3 atom stereocenters. The van der Waals surface area contributed by atoms with Gasteiger partial charge in [0, 0.05) is 6.42 Å². The molecule has 0 aliphatic carbocycles. The van der Waals surface area contributed by atoms with Crippen LogP contribution in [0.5, 0.6) is 0 Å². The summed E-state index contributed by atoms with van der Waals surface area (Å²) in [4.78, 5) is 25.9. The Labute approximate surface area is 338 Å². The van der Waals surface area contributed by atoms with Crippen LogP contribution in [0.3, 0.4) is 0 Å². The van der Waals surface area contributed by atoms with Gasteiger partial charge in [0.2, 0.25) is 5.91 Å². The van der Waals surface area contributed by atoms with Gasteiger partial charge >= 0.3 is 5.97 Å². The lowest BCUT2D eigenvalue weighted by Gasteiger charge is -2.24. The molecular formula is C49H83NO5. The van der Waals surface area contributed by atoms with Gasteiger partial charge in [0.25, 0.3) is 0 Å². The summed E-state index contributed by atoms with van der Waals surface area (Å²) < 4.78 is 5.86. The number of aliphatic hydroxyl groups is 2. The van der Waals surface area contributed by atoms with Crippen LogP contribution >= 0.6 is 0 Å². The normalized spacial score (nSPS) is 14.2. The highest BCUT2D eigenvalue weighted by molar-refractivity contribution is 5.77. The number of ether oxygens (including phenoxy) is 1. The Balaban J connectivity index is 4.77. The molecule has 0 aromatic rings. The summed E-state index contributed by atoms with van der Waals surface area (Å²) in [5.41, 5.74) is 0. The number of esters is 1. The van der Waals surface area contributed by atoms with Gasteiger partial charge in [0.05, 0.1) is 25.2 Å². The van der Waals surface area contributed by atoms with Crippen molar-refractivity contribution in [2.45, 2.75) is 206 Å². The lowest BCUT2D eigenvalue weighted by Crippen LogP contribution is -2.46. The molecule has 3 unspecified atom stereocenters. The zero-order valence-corrected chi connectivity index (χ0v) is 35.5. The minimum Gasteiger partial charge on any atom is -0.462 e. The predicted molar refractivity (Wildman–Crippen MR) is 236 cm³/mol. The predicted octanol–water partition coefficient (Wildman–Crippen LogP) is 12.8. The maximum absolute atomic E-state index is 13.1. The smallest absolute Gasteiger partial charge is 0.306 e. The zero-order chi connectivity index (χ0) is 40.3. The first kappa shape index (κ1) is 52.0. The summed E-state index contributed by atoms with van der Waals surface area (Å²) in [6, 6.07) is -0.725. The average Bonchev–Trinajstić information content (AvgIpc) is 3.18. The van der Waals surface area contributed by atoms with Crippen molar-refractivity contribution in [3.05, 3.63) is 85.1 Å². The molecule has 0 bridgehead atoms. The number of unbranched alkanes of at least 4 members (excludes halogenated alkanes) is 14. The second kappa shape index (κ2) is 42.2. The van der Waals surface area contributed by atoms with Gasteiger partial charge in [-0.05, 0) is 77.0 Å². The van der Waals surface area contributed by atoms with Crippen LogP contribution in [0.15, 0.2) is 85.1 Å². The number of rotatable bonds is 38. The summed E-state index contributed by atoms with van der Waals surface area (Å²) in [5, 5.41) is 23.5. The van der Waals surface area contributed by atoms with Crippen LogP contribution in [0.4, 0.5) is 0 Å². The second-order valence-corrected chi connectivity index (χ2v) is 14.7. The molecule has 3 N–H and O–H groups in total. The van der Waals surface area contributed by atoms with Crippen molar-refractivity contribution in [2.75, 3.05) is 6.61 Å². The third-order valence-electron chi connectivity index (χ3n) is 9.53. The number of nitrogens with one attached hydrogen (secondary N) is 1. The van der Waals surface area contributed by atoms with Gasteiger partial charge in [-0.25, -0.2) is 0 Å². The molecule has 0 saturated heterocycles. The van der Waals surface area contributed by atoms with Crippen LogP contribution in [-0.4, -0.2) is 46.9 Å². The first-order chi connectivity index (χ1) is 27.0. The van der Waals surface area contributed by atoms with Crippen molar-refractivity contribution in [1.82, 2.24) is 5.32 Å². The highest BCUT2D eigenvalue weighted by atomic mass is 16.5. The molecule has 0 radical (unpaired) electrons. The molecule has 1 amide bonds. The van der Waals surface area contributed by atoms with Crippen LogP contribution in [-0.2, 0) is 14.3 Å². The number of amides is 1. The number of hydrogen-bond donors (Lipinski definition) is 3. The Morgan fingerprint density at radius 1 is 0.564 bits per heavy atom. The molecule has 314 valence electrons. The quantitative estimate of drug-likeness (QED) is 0.0252. The Morgan fingerprint density at radius 3 is 1.71 bits per heavy atom. The van der Waals surface area contributed by atoms with Crippen LogP contribution in [0, 0.1) is 0 Å². The molecule has 55 heavy (non-hydrogen) atoms. The van der Waals surface area contributed by atoms with E-state index in [1.165, 1.54) is 38.5 Å². The van der Waals surface area contributed by atoms with Crippen molar-refractivity contribution in [3.63, 3.8) is 0 Å². The van der Waals surface area contributed by atoms with Crippen molar-refractivity contribution in [1.29, 1.82) is 0 Å². The molecule has 0 heterocycles. The lowest BCUT2D eigenvalue weighted by molar-refractivity contribution is -0.151. The molecule has 0 aliphatic rings. The minimum atomic E-state index is -0.807. The summed E-state index contributed by atoms with van der Waals surface area (Å²) in [5.74, 6) is -0.564. The van der Waals surface area contributed by atoms with Gasteiger partial charge in [0.1, 0.15) is 6.10 Å². The molecule has 6 nitrogen and oxygen atoms in total. The van der Waals surface area contributed by atoms with E-state index in [1.54, 1.807) is 0 Å². The van der Waals surface area contributed by atoms with E-state index in [4.69, 9.17) is 4.74 Å². The lowest BCUT2D eigenvalue weighted by atomic mass is 10.0. The average molecular weight is 766 g/mol. The van der Waals surface area contributed by atoms with Gasteiger partial charge < -0.3 is 20.3 Å². The molecule has 0 spiro atoms. The number of carbonyl (C=O) groups excluding carboxylic acids is 2. The fourth-order valence-electron chi connectivity index (χ4n) is 6.19. The van der Waals surface area contributed by atoms with Crippen molar-refractivity contribution in [2.24, 2.45) is 0 Å². The van der Waals surface area contributed by atoms with E-state index in [9.17, 15) is 19.8 Å². The summed E-state index contributed by atoms with van der Waals surface area (Å²) in [6.45, 7) is 6.17. The maximum Gasteiger partial charge on any atom is 0.306 e. The number of carbonyl (C=O) groups is 2. The van der Waals surface area contributed by atoms with Gasteiger partial charge in [-0.3, -0.25) is 9.59 Å². The molecule has 0 aliphatic heterocycles. The largest absolute Gasteiger partial charge is 0.462 e. The Bertz CT molecular complexity index is 1080. The number of aliphatic hydroxyl groups excluding tert-OH is 2. The van der Waals surface area contributed by atoms with E-state index in [2.05, 4.69) is 111 Å². The highest BCUT2D eigenvalue weighted by Crippen LogP contribution is 2.16. The molecule has 0 aromatic carbocycles. The third-order valence-corrected chi connectivity index (χ3v) is 9.53. The standard InChI is InChI=1S/C49H83NO5/c1-4-7-10-13-16-19-21-23-25-26-29-31-34-37-40-45(55-49(54)42-39-36-33-30-27-24-22-20-17-14-11-8-5-2)43-48(53)50-46(44-51)47(52)41-38-35-32-28-18-15-12-9-6-3/h7-8,10-11,14,16-17,19-20,22-23,25,29,31,45-47,51-52H,4-6,9,12-13,15,18,21,24,26-28,30,32-44H2,1-3H3,(H,50,53)/b10-7+,11-8+,17-14+,19-16+,22-20-,25-23+,31-29+. The SMILES string of the molecule is CC/C=C/C=C/C=C\CCCCCCCC(=O)OC(CCC/C=C/C/C=C/C/C=C/C/C=C/CC)CC(=O)NC(CO)C(O)CCCCCCCCCCC. The van der Waals surface area contributed by atoms with E-state index < -0.39 is 18.2 Å². The number of hydrogen-bond acceptors (Lipinski definition) is 5. The molecular weight excluding hydrogens is 683 g/mol. The van der Waals surface area contributed by atoms with Crippen molar-refractivity contribution < 1.29 is 24.5 Å². The molecule has 0 rings (SSSR count). The van der Waals surface area contributed by atoms with E-state index >= 15 is 0 Å². The monoisotopic (exact) mass is 766 g/mol. The van der Waals surface area contributed by atoms with E-state index in [0.717, 1.165) is 103 Å². The minimum absolute atomic E-state index is 0.0266. The molecule has 6 heteroatoms. The third kappa shape index (κ3) is 37.7. The first-order valence-corrected chi connectivity index (χ1v) is 22.3. The Hall–Kier alpha value is -2.96. The van der Waals surface area contributed by atoms with Gasteiger partial charge in [-0.1, -0.05) is 183 Å². The summed E-state index contributed by atoms with van der Waals surface area (Å²) in [6.07, 6.45) is 53.6. The molecule has 0 fully saturated rings. The van der Waals surface area contributed by atoms with Crippen molar-refractivity contribution in [3.8, 4) is 0 Å². The molecule has 0 saturated carbocycles. The van der Waals surface area contributed by atoms with Gasteiger partial charge in [-0.15, -0.1) is 0 Å². The summed E-state index contributed by atoms with van der Waals surface area (Å²) >= 11 is 0. The first-order valence-electron chi connectivity index (χ1n) is 22.3. The van der Waals surface area contributed by atoms with Gasteiger partial charge in [0.15, 0.2) is 0 Å². The maximum atomic E-state index is 13.1. The topological polar surface area (TPSA) is 95.9 Å². The Morgan fingerprint density at radius 2 is 1.09 bits per heavy atom. The van der Waals surface area contributed by atoms with Crippen LogP contribution in [0.2, 0.25) is 0 Å². The van der Waals surface area contributed by atoms with E-state index in [1.807, 2.05) is 0 Å². The fraction of sp³-hybridized carbons (Fsp3) is 0.673. The van der Waals surface area contributed by atoms with Crippen LogP contribution in [0.25, 0.3) is 0 Å². The van der Waals surface area contributed by atoms with Crippen molar-refractivity contribution >= 4 is 11.9 Å². The van der Waals surface area contributed by atoms with E-state index in [-0.39, 0.29) is 24.9 Å². The Kier molecular flexibility index (Phi) is 39.9. The molecule has 0 aromatic heterocycles. The van der Waals surface area contributed by atoms with Crippen LogP contribution < -0.4 is 5.32 Å². The van der Waals surface area contributed by atoms with Crippen LogP contribution in [0.1, 0.15) is 188 Å². The summed E-state index contributed by atoms with van der Waals surface area (Å²) in [7, 11) is 0. The fourth-order valence-corrected chi connectivity index (χ4v) is 6.19. The highest BCUT2D eigenvalue weighted by Gasteiger charge is 2.24. The number of allylic oxidation sites excluding steroid dienone is 14. The second-order valence-electron chi connectivity index (χ2n) is 14.7. The van der Waals surface area contributed by atoms with Gasteiger partial charge in [-0.2, -0.15) is 0 Å².